The minimum atomic E-state index is -0.430. The maximum atomic E-state index is 12.2. The average Bonchev–Trinajstić information content (AvgIpc) is 2.96. The van der Waals surface area contributed by atoms with E-state index in [-0.39, 0.29) is 11.9 Å². The highest BCUT2D eigenvalue weighted by Crippen LogP contribution is 2.19. The summed E-state index contributed by atoms with van der Waals surface area (Å²) in [4.78, 5) is 25.7. The fourth-order valence-corrected chi connectivity index (χ4v) is 2.45. The second kappa shape index (κ2) is 7.07. The van der Waals surface area contributed by atoms with E-state index in [2.05, 4.69) is 0 Å². The molecule has 1 heterocycles. The lowest BCUT2D eigenvalue weighted by Gasteiger charge is -2.21. The molecule has 1 atom stereocenters. The van der Waals surface area contributed by atoms with Crippen LogP contribution in [-0.2, 0) is 14.3 Å². The van der Waals surface area contributed by atoms with Crippen LogP contribution in [0.15, 0.2) is 30.3 Å². The minimum Gasteiger partial charge on any atom is -0.464 e. The summed E-state index contributed by atoms with van der Waals surface area (Å²) >= 11 is 0. The zero-order valence-corrected chi connectivity index (χ0v) is 12.5. The van der Waals surface area contributed by atoms with Gasteiger partial charge in [-0.3, -0.25) is 4.79 Å². The molecule has 0 saturated carbocycles. The first kappa shape index (κ1) is 15.3. The molecule has 1 aromatic carbocycles. The summed E-state index contributed by atoms with van der Waals surface area (Å²) in [5.41, 5.74) is 2.15. The fraction of sp³-hybridized carbons (Fsp3) is 0.412. The topological polar surface area (TPSA) is 46.6 Å². The van der Waals surface area contributed by atoms with Gasteiger partial charge in [-0.25, -0.2) is 4.79 Å². The van der Waals surface area contributed by atoms with Crippen LogP contribution in [0.5, 0.6) is 0 Å². The molecule has 1 aromatic rings. The molecule has 1 saturated heterocycles. The van der Waals surface area contributed by atoms with Crippen LogP contribution in [0.25, 0.3) is 6.08 Å². The van der Waals surface area contributed by atoms with Crippen LogP contribution < -0.4 is 0 Å². The van der Waals surface area contributed by atoms with Gasteiger partial charge in [0.1, 0.15) is 6.04 Å². The number of likely N-dealkylation sites (tertiary alicyclic amines) is 1. The van der Waals surface area contributed by atoms with Gasteiger partial charge >= 0.3 is 5.97 Å². The molecule has 1 aliphatic heterocycles. The smallest absolute Gasteiger partial charge is 0.328 e. The van der Waals surface area contributed by atoms with Crippen LogP contribution in [-0.4, -0.2) is 36.0 Å². The van der Waals surface area contributed by atoms with E-state index >= 15 is 0 Å². The molecule has 0 aromatic heterocycles. The van der Waals surface area contributed by atoms with E-state index in [9.17, 15) is 9.59 Å². The third-order valence-electron chi connectivity index (χ3n) is 3.59. The van der Waals surface area contributed by atoms with Crippen molar-refractivity contribution in [3.63, 3.8) is 0 Å². The van der Waals surface area contributed by atoms with Gasteiger partial charge < -0.3 is 9.64 Å². The molecule has 0 spiro atoms. The first-order chi connectivity index (χ1) is 10.1. The number of carbonyl (C=O) groups is 2. The van der Waals surface area contributed by atoms with Crippen LogP contribution >= 0.6 is 0 Å². The molecule has 1 unspecified atom stereocenters. The maximum Gasteiger partial charge on any atom is 0.328 e. The Bertz CT molecular complexity index is 533. The number of ether oxygens (including phenoxy) is 1. The Balaban J connectivity index is 2.01. The van der Waals surface area contributed by atoms with Gasteiger partial charge in [0, 0.05) is 12.6 Å². The van der Waals surface area contributed by atoms with Gasteiger partial charge in [-0.1, -0.05) is 29.8 Å². The lowest BCUT2D eigenvalue weighted by Crippen LogP contribution is -2.40. The van der Waals surface area contributed by atoms with Crippen molar-refractivity contribution in [1.82, 2.24) is 4.90 Å². The van der Waals surface area contributed by atoms with Crippen molar-refractivity contribution in [2.75, 3.05) is 13.2 Å². The number of hydrogen-bond acceptors (Lipinski definition) is 3. The van der Waals surface area contributed by atoms with Crippen LogP contribution in [0, 0.1) is 6.92 Å². The standard InChI is InChI=1S/C17H21NO3/c1-3-21-17(20)15-5-4-12-18(15)16(19)11-10-14-8-6-13(2)7-9-14/h6-11,15H,3-5,12H2,1-2H3/b11-10+. The van der Waals surface area contributed by atoms with Gasteiger partial charge in [0.2, 0.25) is 5.91 Å². The minimum absolute atomic E-state index is 0.133. The lowest BCUT2D eigenvalue weighted by molar-refractivity contribution is -0.151. The molecule has 21 heavy (non-hydrogen) atoms. The van der Waals surface area contributed by atoms with Crippen molar-refractivity contribution in [2.45, 2.75) is 32.7 Å². The SMILES string of the molecule is CCOC(=O)C1CCCN1C(=O)/C=C/c1ccc(C)cc1. The normalized spacial score (nSPS) is 18.2. The lowest BCUT2D eigenvalue weighted by atomic mass is 10.1. The van der Waals surface area contributed by atoms with Gasteiger partial charge in [-0.2, -0.15) is 0 Å². The Kier molecular flexibility index (Phi) is 5.14. The predicted molar refractivity (Wildman–Crippen MR) is 81.6 cm³/mol. The molecule has 1 amide bonds. The first-order valence-electron chi connectivity index (χ1n) is 7.34. The predicted octanol–water partition coefficient (Wildman–Crippen LogP) is 2.56. The second-order valence-electron chi connectivity index (χ2n) is 5.19. The van der Waals surface area contributed by atoms with E-state index in [1.165, 1.54) is 11.6 Å². The monoisotopic (exact) mass is 287 g/mol. The summed E-state index contributed by atoms with van der Waals surface area (Å²) in [5, 5.41) is 0. The number of rotatable bonds is 4. The van der Waals surface area contributed by atoms with Crippen molar-refractivity contribution in [3.8, 4) is 0 Å². The second-order valence-corrected chi connectivity index (χ2v) is 5.19. The van der Waals surface area contributed by atoms with Crippen LogP contribution in [0.1, 0.15) is 30.9 Å². The van der Waals surface area contributed by atoms with Gasteiger partial charge in [0.15, 0.2) is 0 Å². The van der Waals surface area contributed by atoms with Crippen molar-refractivity contribution < 1.29 is 14.3 Å². The number of carbonyl (C=O) groups excluding carboxylic acids is 2. The van der Waals surface area contributed by atoms with Gasteiger partial charge in [-0.05, 0) is 38.3 Å². The molecule has 0 radical (unpaired) electrons. The van der Waals surface area contributed by atoms with E-state index in [1.807, 2.05) is 31.2 Å². The molecule has 0 N–H and O–H groups in total. The number of benzene rings is 1. The van der Waals surface area contributed by atoms with E-state index < -0.39 is 6.04 Å². The molecule has 0 bridgehead atoms. The van der Waals surface area contributed by atoms with Gasteiger partial charge in [-0.15, -0.1) is 0 Å². The Morgan fingerprint density at radius 2 is 2.05 bits per heavy atom. The molecule has 112 valence electrons. The number of esters is 1. The fourth-order valence-electron chi connectivity index (χ4n) is 2.45. The highest BCUT2D eigenvalue weighted by molar-refractivity contribution is 5.95. The first-order valence-corrected chi connectivity index (χ1v) is 7.34. The largest absolute Gasteiger partial charge is 0.464 e. The van der Waals surface area contributed by atoms with E-state index in [1.54, 1.807) is 17.9 Å². The van der Waals surface area contributed by atoms with Crippen molar-refractivity contribution in [2.24, 2.45) is 0 Å². The van der Waals surface area contributed by atoms with Crippen molar-refractivity contribution >= 4 is 18.0 Å². The molecular formula is C17H21NO3. The Morgan fingerprint density at radius 3 is 2.71 bits per heavy atom. The van der Waals surface area contributed by atoms with Gasteiger partial charge in [0.05, 0.1) is 6.61 Å². The molecule has 1 aliphatic rings. The number of amides is 1. The summed E-state index contributed by atoms with van der Waals surface area (Å²) < 4.78 is 5.03. The Labute approximate surface area is 125 Å². The van der Waals surface area contributed by atoms with Crippen LogP contribution in [0.3, 0.4) is 0 Å². The van der Waals surface area contributed by atoms with Crippen LogP contribution in [0.4, 0.5) is 0 Å². The highest BCUT2D eigenvalue weighted by atomic mass is 16.5. The summed E-state index contributed by atoms with van der Waals surface area (Å²) in [6.45, 7) is 4.75. The Morgan fingerprint density at radius 1 is 1.33 bits per heavy atom. The zero-order chi connectivity index (χ0) is 15.2. The average molecular weight is 287 g/mol. The van der Waals surface area contributed by atoms with Crippen molar-refractivity contribution in [3.05, 3.63) is 41.5 Å². The summed E-state index contributed by atoms with van der Waals surface area (Å²) in [5.74, 6) is -0.432. The zero-order valence-electron chi connectivity index (χ0n) is 12.5. The molecule has 4 nitrogen and oxygen atoms in total. The third-order valence-corrected chi connectivity index (χ3v) is 3.59. The quantitative estimate of drug-likeness (QED) is 0.631. The molecule has 1 fully saturated rings. The van der Waals surface area contributed by atoms with Crippen molar-refractivity contribution in [1.29, 1.82) is 0 Å². The van der Waals surface area contributed by atoms with E-state index in [0.717, 1.165) is 12.0 Å². The number of hydrogen-bond donors (Lipinski definition) is 0. The maximum absolute atomic E-state index is 12.2. The summed E-state index contributed by atoms with van der Waals surface area (Å²) in [7, 11) is 0. The Hall–Kier alpha value is -2.10. The molecule has 4 heteroatoms. The van der Waals surface area contributed by atoms with Gasteiger partial charge in [0.25, 0.3) is 0 Å². The summed E-state index contributed by atoms with van der Waals surface area (Å²) in [6, 6.07) is 7.50. The van der Waals surface area contributed by atoms with E-state index in [0.29, 0.717) is 19.6 Å². The highest BCUT2D eigenvalue weighted by Gasteiger charge is 2.33. The summed E-state index contributed by atoms with van der Waals surface area (Å²) in [6.07, 6.45) is 4.83. The number of aryl methyl sites for hydroxylation is 1. The number of nitrogens with zero attached hydrogens (tertiary/aromatic N) is 1. The molecular weight excluding hydrogens is 266 g/mol. The molecule has 0 aliphatic carbocycles. The van der Waals surface area contributed by atoms with E-state index in [4.69, 9.17) is 4.74 Å². The molecule has 2 rings (SSSR count). The van der Waals surface area contributed by atoms with Crippen LogP contribution in [0.2, 0.25) is 0 Å². The third kappa shape index (κ3) is 3.94.